The number of hydrogen-bond acceptors (Lipinski definition) is 4. The van der Waals surface area contributed by atoms with E-state index in [1.165, 1.54) is 6.42 Å². The smallest absolute Gasteiger partial charge is 0.312 e. The van der Waals surface area contributed by atoms with E-state index in [9.17, 15) is 9.59 Å². The average molecular weight is 437 g/mol. The van der Waals surface area contributed by atoms with Gasteiger partial charge in [-0.05, 0) is 82.5 Å². The summed E-state index contributed by atoms with van der Waals surface area (Å²) in [7, 11) is 0. The number of esters is 2. The molecule has 0 aromatic rings. The third-order valence-electron chi connectivity index (χ3n) is 7.80. The molecular formula is C27H48O4. The molecule has 2 saturated carbocycles. The standard InChI is InChI=1S/C27H48O4/c1-23(2,3)20-26(8,24(4,5)6)22(29)31-27(17-13-10-14-18-27)19-21(28)30-25(7)15-11-9-12-16-25/h9-20H2,1-8H3. The van der Waals surface area contributed by atoms with Crippen LogP contribution in [0.25, 0.3) is 0 Å². The van der Waals surface area contributed by atoms with E-state index >= 15 is 0 Å². The van der Waals surface area contributed by atoms with Gasteiger partial charge in [0.05, 0.1) is 11.8 Å². The fraction of sp³-hybridized carbons (Fsp3) is 0.926. The zero-order chi connectivity index (χ0) is 23.6. The Balaban J connectivity index is 2.20. The largest absolute Gasteiger partial charge is 0.459 e. The fourth-order valence-electron chi connectivity index (χ4n) is 5.50. The molecule has 0 N–H and O–H groups in total. The van der Waals surface area contributed by atoms with Crippen molar-refractivity contribution in [2.45, 2.75) is 144 Å². The van der Waals surface area contributed by atoms with Gasteiger partial charge >= 0.3 is 11.9 Å². The third kappa shape index (κ3) is 6.96. The molecule has 31 heavy (non-hydrogen) atoms. The molecule has 0 aliphatic heterocycles. The summed E-state index contributed by atoms with van der Waals surface area (Å²) in [5.41, 5.74) is -1.96. The van der Waals surface area contributed by atoms with Crippen molar-refractivity contribution in [1.29, 1.82) is 0 Å². The second-order valence-corrected chi connectivity index (χ2v) is 13.1. The summed E-state index contributed by atoms with van der Waals surface area (Å²) < 4.78 is 12.4. The predicted molar refractivity (Wildman–Crippen MR) is 126 cm³/mol. The summed E-state index contributed by atoms with van der Waals surface area (Å²) in [5.74, 6) is -0.360. The first-order chi connectivity index (χ1) is 14.1. The summed E-state index contributed by atoms with van der Waals surface area (Å²) in [5, 5.41) is 0. The van der Waals surface area contributed by atoms with E-state index in [4.69, 9.17) is 9.47 Å². The van der Waals surface area contributed by atoms with Crippen LogP contribution in [0.4, 0.5) is 0 Å². The quantitative estimate of drug-likeness (QED) is 0.408. The highest BCUT2D eigenvalue weighted by molar-refractivity contribution is 5.79. The number of hydrogen-bond donors (Lipinski definition) is 0. The normalized spacial score (nSPS) is 23.5. The maximum Gasteiger partial charge on any atom is 0.312 e. The van der Waals surface area contributed by atoms with Gasteiger partial charge < -0.3 is 9.47 Å². The average Bonchev–Trinajstić information content (AvgIpc) is 2.59. The SMILES string of the molecule is CC(C)(C)CC(C)(C(=O)OC1(CC(=O)OC2(C)CCCCC2)CCCCC1)C(C)(C)C. The molecule has 2 aliphatic carbocycles. The van der Waals surface area contributed by atoms with Gasteiger partial charge in [0, 0.05) is 0 Å². The molecule has 0 heterocycles. The Labute approximate surface area is 191 Å². The first kappa shape index (κ1) is 26.2. The zero-order valence-corrected chi connectivity index (χ0v) is 21.6. The molecule has 0 radical (unpaired) electrons. The van der Waals surface area contributed by atoms with Gasteiger partial charge in [0.1, 0.15) is 11.2 Å². The molecule has 1 atom stereocenters. The maximum atomic E-state index is 13.7. The van der Waals surface area contributed by atoms with Crippen molar-refractivity contribution in [3.63, 3.8) is 0 Å². The highest BCUT2D eigenvalue weighted by Gasteiger charge is 2.51. The lowest BCUT2D eigenvalue weighted by atomic mass is 9.61. The van der Waals surface area contributed by atoms with E-state index in [1.54, 1.807) is 0 Å². The van der Waals surface area contributed by atoms with E-state index in [0.29, 0.717) is 0 Å². The van der Waals surface area contributed by atoms with Crippen LogP contribution in [0, 0.1) is 16.2 Å². The Kier molecular flexibility index (Phi) is 7.97. The van der Waals surface area contributed by atoms with Gasteiger partial charge in [0.2, 0.25) is 0 Å². The summed E-state index contributed by atoms with van der Waals surface area (Å²) in [6, 6.07) is 0. The van der Waals surface area contributed by atoms with Crippen LogP contribution in [0.1, 0.15) is 132 Å². The molecule has 180 valence electrons. The topological polar surface area (TPSA) is 52.6 Å². The Morgan fingerprint density at radius 3 is 1.68 bits per heavy atom. The first-order valence-corrected chi connectivity index (χ1v) is 12.6. The van der Waals surface area contributed by atoms with Crippen molar-refractivity contribution >= 4 is 11.9 Å². The van der Waals surface area contributed by atoms with Crippen LogP contribution in [0.3, 0.4) is 0 Å². The van der Waals surface area contributed by atoms with Crippen molar-refractivity contribution < 1.29 is 19.1 Å². The lowest BCUT2D eigenvalue weighted by Crippen LogP contribution is -2.50. The minimum Gasteiger partial charge on any atom is -0.459 e. The zero-order valence-electron chi connectivity index (χ0n) is 21.6. The van der Waals surface area contributed by atoms with Gasteiger partial charge in [-0.15, -0.1) is 0 Å². The van der Waals surface area contributed by atoms with Gasteiger partial charge in [-0.25, -0.2) is 0 Å². The van der Waals surface area contributed by atoms with Crippen molar-refractivity contribution in [2.24, 2.45) is 16.2 Å². The van der Waals surface area contributed by atoms with Crippen LogP contribution in [0.15, 0.2) is 0 Å². The molecule has 2 rings (SSSR count). The van der Waals surface area contributed by atoms with Crippen LogP contribution in [0.5, 0.6) is 0 Å². The third-order valence-corrected chi connectivity index (χ3v) is 7.80. The van der Waals surface area contributed by atoms with E-state index in [1.807, 2.05) is 6.92 Å². The lowest BCUT2D eigenvalue weighted by molar-refractivity contribution is -0.191. The number of rotatable bonds is 6. The molecule has 2 fully saturated rings. The molecule has 0 saturated heterocycles. The van der Waals surface area contributed by atoms with Crippen LogP contribution in [-0.4, -0.2) is 23.1 Å². The number of carbonyl (C=O) groups is 2. The summed E-state index contributed by atoms with van der Waals surface area (Å²) in [6.45, 7) is 17.0. The Morgan fingerprint density at radius 1 is 0.742 bits per heavy atom. The van der Waals surface area contributed by atoms with Crippen molar-refractivity contribution in [1.82, 2.24) is 0 Å². The predicted octanol–water partition coefficient (Wildman–Crippen LogP) is 7.38. The minimum atomic E-state index is -0.720. The summed E-state index contributed by atoms with van der Waals surface area (Å²) in [4.78, 5) is 26.8. The van der Waals surface area contributed by atoms with Gasteiger partial charge in [-0.1, -0.05) is 54.4 Å². The molecule has 0 aromatic carbocycles. The molecular weight excluding hydrogens is 388 g/mol. The van der Waals surface area contributed by atoms with Gasteiger partial charge in [0.25, 0.3) is 0 Å². The molecule has 4 heteroatoms. The lowest BCUT2D eigenvalue weighted by Gasteiger charge is -2.46. The van der Waals surface area contributed by atoms with E-state index in [2.05, 4.69) is 48.5 Å². The van der Waals surface area contributed by atoms with Crippen LogP contribution < -0.4 is 0 Å². The summed E-state index contributed by atoms with van der Waals surface area (Å²) >= 11 is 0. The fourth-order valence-corrected chi connectivity index (χ4v) is 5.50. The molecule has 0 bridgehead atoms. The number of ether oxygens (including phenoxy) is 2. The van der Waals surface area contributed by atoms with Gasteiger partial charge in [-0.2, -0.15) is 0 Å². The summed E-state index contributed by atoms with van der Waals surface area (Å²) in [6.07, 6.45) is 10.8. The van der Waals surface area contributed by atoms with Gasteiger partial charge in [0.15, 0.2) is 0 Å². The molecule has 1 unspecified atom stereocenters. The van der Waals surface area contributed by atoms with E-state index in [-0.39, 0.29) is 34.8 Å². The van der Waals surface area contributed by atoms with E-state index in [0.717, 1.165) is 64.2 Å². The van der Waals surface area contributed by atoms with Crippen molar-refractivity contribution in [2.75, 3.05) is 0 Å². The highest BCUT2D eigenvalue weighted by atomic mass is 16.6. The van der Waals surface area contributed by atoms with Crippen LogP contribution in [0.2, 0.25) is 0 Å². The molecule has 0 aromatic heterocycles. The molecule has 0 amide bonds. The van der Waals surface area contributed by atoms with Crippen molar-refractivity contribution in [3.8, 4) is 0 Å². The molecule has 2 aliphatic rings. The van der Waals surface area contributed by atoms with Crippen LogP contribution in [-0.2, 0) is 19.1 Å². The first-order valence-electron chi connectivity index (χ1n) is 12.6. The Bertz CT molecular complexity index is 625. The van der Waals surface area contributed by atoms with Crippen molar-refractivity contribution in [3.05, 3.63) is 0 Å². The maximum absolute atomic E-state index is 13.7. The van der Waals surface area contributed by atoms with E-state index < -0.39 is 11.0 Å². The Morgan fingerprint density at radius 2 is 1.23 bits per heavy atom. The molecule has 4 nitrogen and oxygen atoms in total. The second-order valence-electron chi connectivity index (χ2n) is 13.1. The number of carbonyl (C=O) groups excluding carboxylic acids is 2. The molecule has 0 spiro atoms. The van der Waals surface area contributed by atoms with Crippen LogP contribution >= 0.6 is 0 Å². The Hall–Kier alpha value is -1.06. The minimum absolute atomic E-state index is 0.00468. The second kappa shape index (κ2) is 9.43. The monoisotopic (exact) mass is 436 g/mol. The highest BCUT2D eigenvalue weighted by Crippen LogP contribution is 2.49. The van der Waals surface area contributed by atoms with Gasteiger partial charge in [-0.3, -0.25) is 9.59 Å².